The molecular weight excluding hydrogens is 383 g/mol. The van der Waals surface area contributed by atoms with E-state index in [1.165, 1.54) is 12.1 Å². The molecule has 2 aromatic carbocycles. The summed E-state index contributed by atoms with van der Waals surface area (Å²) in [5, 5.41) is 10.2. The second-order valence-corrected chi connectivity index (χ2v) is 6.87. The van der Waals surface area contributed by atoms with Crippen LogP contribution in [-0.4, -0.2) is 42.2 Å². The van der Waals surface area contributed by atoms with Gasteiger partial charge in [-0.1, -0.05) is 24.3 Å². The minimum atomic E-state index is -4.37. The summed E-state index contributed by atoms with van der Waals surface area (Å²) in [7, 11) is 0. The molecule has 0 unspecified atom stereocenters. The lowest BCUT2D eigenvalue weighted by Crippen LogP contribution is -2.46. The maximum Gasteiger partial charge on any atom is 0.416 e. The SMILES string of the molecule is O=C(O)c1cc(N2CCN(c3cccc(C(F)(F)F)c3)CC2)c2ccccc2n1. The number of aromatic nitrogens is 1. The number of anilines is 2. The number of piperazine rings is 1. The summed E-state index contributed by atoms with van der Waals surface area (Å²) in [6.07, 6.45) is -4.37. The highest BCUT2D eigenvalue weighted by molar-refractivity contribution is 5.97. The first-order chi connectivity index (χ1) is 13.8. The number of halogens is 3. The Kier molecular flexibility index (Phi) is 4.77. The number of fused-ring (bicyclic) bond motifs is 1. The Morgan fingerprint density at radius 2 is 1.62 bits per heavy atom. The first kappa shape index (κ1) is 19.0. The Labute approximate surface area is 165 Å². The van der Waals surface area contributed by atoms with Gasteiger partial charge in [-0.2, -0.15) is 13.2 Å². The molecule has 1 aliphatic heterocycles. The Morgan fingerprint density at radius 1 is 0.931 bits per heavy atom. The van der Waals surface area contributed by atoms with E-state index in [2.05, 4.69) is 9.88 Å². The molecule has 2 heterocycles. The summed E-state index contributed by atoms with van der Waals surface area (Å²) in [5.74, 6) is -1.10. The van der Waals surface area contributed by atoms with E-state index in [4.69, 9.17) is 0 Å². The Hall–Kier alpha value is -3.29. The van der Waals surface area contributed by atoms with E-state index in [9.17, 15) is 23.1 Å². The van der Waals surface area contributed by atoms with Gasteiger partial charge in [-0.25, -0.2) is 9.78 Å². The molecule has 0 aliphatic carbocycles. The van der Waals surface area contributed by atoms with Crippen LogP contribution < -0.4 is 9.80 Å². The van der Waals surface area contributed by atoms with Crippen LogP contribution in [0, 0.1) is 0 Å². The lowest BCUT2D eigenvalue weighted by molar-refractivity contribution is -0.137. The summed E-state index contributed by atoms with van der Waals surface area (Å²) >= 11 is 0. The van der Waals surface area contributed by atoms with Crippen LogP contribution in [0.1, 0.15) is 16.1 Å². The topological polar surface area (TPSA) is 56.7 Å². The molecule has 5 nitrogen and oxygen atoms in total. The third-order valence-corrected chi connectivity index (χ3v) is 5.07. The molecule has 0 spiro atoms. The van der Waals surface area contributed by atoms with E-state index in [1.807, 2.05) is 17.0 Å². The molecule has 150 valence electrons. The van der Waals surface area contributed by atoms with Gasteiger partial charge in [0.15, 0.2) is 5.69 Å². The molecule has 1 saturated heterocycles. The van der Waals surface area contributed by atoms with Crippen molar-refractivity contribution in [2.75, 3.05) is 36.0 Å². The summed E-state index contributed by atoms with van der Waals surface area (Å²) in [4.78, 5) is 19.6. The molecule has 0 saturated carbocycles. The largest absolute Gasteiger partial charge is 0.477 e. The Bertz CT molecular complexity index is 1060. The van der Waals surface area contributed by atoms with Crippen molar-refractivity contribution in [2.24, 2.45) is 0 Å². The zero-order valence-electron chi connectivity index (χ0n) is 15.4. The van der Waals surface area contributed by atoms with Crippen LogP contribution in [0.5, 0.6) is 0 Å². The van der Waals surface area contributed by atoms with Crippen LogP contribution in [0.4, 0.5) is 24.5 Å². The maximum absolute atomic E-state index is 13.0. The van der Waals surface area contributed by atoms with Crippen molar-refractivity contribution < 1.29 is 23.1 Å². The number of benzene rings is 2. The van der Waals surface area contributed by atoms with Gasteiger partial charge < -0.3 is 14.9 Å². The monoisotopic (exact) mass is 401 g/mol. The van der Waals surface area contributed by atoms with Gasteiger partial charge in [-0.15, -0.1) is 0 Å². The average molecular weight is 401 g/mol. The Balaban J connectivity index is 1.58. The Morgan fingerprint density at radius 3 is 2.31 bits per heavy atom. The first-order valence-electron chi connectivity index (χ1n) is 9.13. The summed E-state index contributed by atoms with van der Waals surface area (Å²) < 4.78 is 39.0. The lowest BCUT2D eigenvalue weighted by Gasteiger charge is -2.38. The number of pyridine rings is 1. The summed E-state index contributed by atoms with van der Waals surface area (Å²) in [6.45, 7) is 2.17. The van der Waals surface area contributed by atoms with Gasteiger partial charge in [0.25, 0.3) is 0 Å². The maximum atomic E-state index is 13.0. The van der Waals surface area contributed by atoms with Gasteiger partial charge >= 0.3 is 12.1 Å². The highest BCUT2D eigenvalue weighted by atomic mass is 19.4. The first-order valence-corrected chi connectivity index (χ1v) is 9.13. The van der Waals surface area contributed by atoms with Crippen LogP contribution in [0.2, 0.25) is 0 Å². The van der Waals surface area contributed by atoms with E-state index in [0.29, 0.717) is 37.4 Å². The van der Waals surface area contributed by atoms with Gasteiger partial charge in [0.05, 0.1) is 11.1 Å². The summed E-state index contributed by atoms with van der Waals surface area (Å²) in [6, 6.07) is 14.2. The van der Waals surface area contributed by atoms with Crippen molar-refractivity contribution in [3.8, 4) is 0 Å². The van der Waals surface area contributed by atoms with Crippen molar-refractivity contribution in [1.29, 1.82) is 0 Å². The number of hydrogen-bond acceptors (Lipinski definition) is 4. The fourth-order valence-corrected chi connectivity index (χ4v) is 3.61. The standard InChI is InChI=1S/C21H18F3N3O2/c22-21(23,24)14-4-3-5-15(12-14)26-8-10-27(11-9-26)19-13-18(20(28)29)25-17-7-2-1-6-16(17)19/h1-7,12-13H,8-11H2,(H,28,29). The summed E-state index contributed by atoms with van der Waals surface area (Å²) in [5.41, 5.74) is 1.22. The van der Waals surface area contributed by atoms with Crippen molar-refractivity contribution in [2.45, 2.75) is 6.18 Å². The second-order valence-electron chi connectivity index (χ2n) is 6.87. The number of carboxylic acid groups (broad SMARTS) is 1. The average Bonchev–Trinajstić information content (AvgIpc) is 2.72. The third kappa shape index (κ3) is 3.83. The quantitative estimate of drug-likeness (QED) is 0.710. The van der Waals surface area contributed by atoms with Gasteiger partial charge in [0.2, 0.25) is 0 Å². The molecule has 0 atom stereocenters. The fourth-order valence-electron chi connectivity index (χ4n) is 3.61. The van der Waals surface area contributed by atoms with Gasteiger partial charge in [0.1, 0.15) is 0 Å². The number of carbonyl (C=O) groups is 1. The number of aromatic carboxylic acids is 1. The van der Waals surface area contributed by atoms with Crippen LogP contribution in [-0.2, 0) is 6.18 Å². The van der Waals surface area contributed by atoms with Crippen molar-refractivity contribution in [1.82, 2.24) is 4.98 Å². The normalized spacial score (nSPS) is 15.0. The van der Waals surface area contributed by atoms with E-state index in [-0.39, 0.29) is 5.69 Å². The predicted octanol–water partition coefficient (Wildman–Crippen LogP) is 4.28. The molecule has 8 heteroatoms. The molecule has 0 amide bonds. The number of hydrogen-bond donors (Lipinski definition) is 1. The van der Waals surface area contributed by atoms with Crippen molar-refractivity contribution in [3.63, 3.8) is 0 Å². The predicted molar refractivity (Wildman–Crippen MR) is 105 cm³/mol. The van der Waals surface area contributed by atoms with E-state index >= 15 is 0 Å². The number of rotatable bonds is 3. The van der Waals surface area contributed by atoms with E-state index in [0.717, 1.165) is 17.1 Å². The third-order valence-electron chi connectivity index (χ3n) is 5.07. The van der Waals surface area contributed by atoms with Gasteiger partial charge in [-0.3, -0.25) is 0 Å². The molecule has 1 N–H and O–H groups in total. The number of para-hydroxylation sites is 1. The minimum Gasteiger partial charge on any atom is -0.477 e. The molecule has 1 aromatic heterocycles. The number of carboxylic acids is 1. The molecule has 0 radical (unpaired) electrons. The molecular formula is C21H18F3N3O2. The van der Waals surface area contributed by atoms with E-state index in [1.54, 1.807) is 24.3 Å². The van der Waals surface area contributed by atoms with Crippen LogP contribution in [0.3, 0.4) is 0 Å². The molecule has 0 bridgehead atoms. The van der Waals surface area contributed by atoms with Crippen molar-refractivity contribution in [3.05, 3.63) is 65.9 Å². The molecule has 4 rings (SSSR count). The zero-order valence-corrected chi connectivity index (χ0v) is 15.4. The van der Waals surface area contributed by atoms with Crippen LogP contribution in [0.15, 0.2) is 54.6 Å². The van der Waals surface area contributed by atoms with Crippen LogP contribution in [0.25, 0.3) is 10.9 Å². The minimum absolute atomic E-state index is 0.0287. The second kappa shape index (κ2) is 7.27. The fraction of sp³-hybridized carbons (Fsp3) is 0.238. The molecule has 1 aliphatic rings. The number of nitrogens with zero attached hydrogens (tertiary/aromatic N) is 3. The highest BCUT2D eigenvalue weighted by Gasteiger charge is 2.31. The van der Waals surface area contributed by atoms with E-state index < -0.39 is 17.7 Å². The smallest absolute Gasteiger partial charge is 0.416 e. The molecule has 3 aromatic rings. The van der Waals surface area contributed by atoms with Crippen LogP contribution >= 0.6 is 0 Å². The molecule has 1 fully saturated rings. The lowest BCUT2D eigenvalue weighted by atomic mass is 10.1. The molecule has 29 heavy (non-hydrogen) atoms. The van der Waals surface area contributed by atoms with Gasteiger partial charge in [-0.05, 0) is 30.3 Å². The van der Waals surface area contributed by atoms with Gasteiger partial charge in [0, 0.05) is 42.9 Å². The van der Waals surface area contributed by atoms with Crippen molar-refractivity contribution >= 4 is 28.2 Å². The highest BCUT2D eigenvalue weighted by Crippen LogP contribution is 2.33. The zero-order chi connectivity index (χ0) is 20.6. The number of alkyl halides is 3.